The second kappa shape index (κ2) is 2.70. The molecular weight excluding hydrogens is 122 g/mol. The molecule has 48 valence electrons. The Bertz CT molecular complexity index is 99.1. The highest BCUT2D eigenvalue weighted by molar-refractivity contribution is 6.20. The molecule has 0 heterocycles. The van der Waals surface area contributed by atoms with Crippen molar-refractivity contribution in [3.8, 4) is 0 Å². The van der Waals surface area contributed by atoms with E-state index < -0.39 is 0 Å². The van der Waals surface area contributed by atoms with Gasteiger partial charge >= 0.3 is 0 Å². The van der Waals surface area contributed by atoms with Crippen LogP contribution in [0.25, 0.3) is 0 Å². The number of hydrogen-bond acceptors (Lipinski definition) is 1. The zero-order valence-corrected chi connectivity index (χ0v) is 5.56. The lowest BCUT2D eigenvalue weighted by atomic mass is 9.96. The normalized spacial score (nSPS) is 50.8. The molecule has 0 aromatic rings. The van der Waals surface area contributed by atoms with Crippen molar-refractivity contribution in [2.24, 2.45) is 5.73 Å². The molecular formula is C6H12ClN. The van der Waals surface area contributed by atoms with E-state index in [4.69, 9.17) is 18.7 Å². The quantitative estimate of drug-likeness (QED) is 0.500. The highest BCUT2D eigenvalue weighted by Gasteiger charge is 2.15. The minimum absolute atomic E-state index is 0.0694. The van der Waals surface area contributed by atoms with Gasteiger partial charge in [-0.15, -0.1) is 11.6 Å². The number of halogens is 1. The van der Waals surface area contributed by atoms with Gasteiger partial charge in [0.25, 0.3) is 0 Å². The maximum atomic E-state index is 7.40. The summed E-state index contributed by atoms with van der Waals surface area (Å²) in [5.74, 6) is 0. The topological polar surface area (TPSA) is 26.0 Å². The summed E-state index contributed by atoms with van der Waals surface area (Å²) in [4.78, 5) is 0. The summed E-state index contributed by atoms with van der Waals surface area (Å²) in [6.07, 6.45) is 2.55. The van der Waals surface area contributed by atoms with E-state index in [2.05, 4.69) is 0 Å². The minimum atomic E-state index is -0.124. The fraction of sp³-hybridized carbons (Fsp3) is 1.00. The largest absolute Gasteiger partial charge is 0.328 e. The van der Waals surface area contributed by atoms with Gasteiger partial charge in [-0.2, -0.15) is 0 Å². The summed E-state index contributed by atoms with van der Waals surface area (Å²) in [5.41, 5.74) is 5.59. The standard InChI is InChI=1S/C6H12ClN/c7-5-1-3-6(8)4-2-5/h5-6H,1-4,8H2/i3D. The Morgan fingerprint density at radius 2 is 2.25 bits per heavy atom. The highest BCUT2D eigenvalue weighted by atomic mass is 35.5. The van der Waals surface area contributed by atoms with E-state index >= 15 is 0 Å². The fourth-order valence-electron chi connectivity index (χ4n) is 0.931. The molecule has 1 rings (SSSR count). The molecule has 0 radical (unpaired) electrons. The Balaban J connectivity index is 2.35. The molecule has 1 aliphatic carbocycles. The van der Waals surface area contributed by atoms with Crippen LogP contribution in [0.15, 0.2) is 0 Å². The predicted octanol–water partition coefficient (Wildman–Crippen LogP) is 1.50. The first-order chi connectivity index (χ1) is 4.20. The van der Waals surface area contributed by atoms with E-state index in [1.165, 1.54) is 0 Å². The molecule has 3 unspecified atom stereocenters. The van der Waals surface area contributed by atoms with Crippen LogP contribution in [-0.2, 0) is 0 Å². The molecule has 8 heavy (non-hydrogen) atoms. The van der Waals surface area contributed by atoms with Gasteiger partial charge < -0.3 is 5.73 Å². The van der Waals surface area contributed by atoms with Gasteiger partial charge in [-0.3, -0.25) is 0 Å². The van der Waals surface area contributed by atoms with E-state index in [0.717, 1.165) is 19.3 Å². The third kappa shape index (κ3) is 1.64. The second-order valence-electron chi connectivity index (χ2n) is 2.31. The van der Waals surface area contributed by atoms with Crippen molar-refractivity contribution in [2.75, 3.05) is 0 Å². The molecule has 1 nitrogen and oxygen atoms in total. The Kier molecular flexibility index (Phi) is 1.71. The van der Waals surface area contributed by atoms with E-state index in [0.29, 0.717) is 0 Å². The zero-order valence-electron chi connectivity index (χ0n) is 5.81. The molecule has 0 saturated heterocycles. The molecule has 0 spiro atoms. The van der Waals surface area contributed by atoms with Crippen molar-refractivity contribution in [1.82, 2.24) is 0 Å². The van der Waals surface area contributed by atoms with Gasteiger partial charge in [-0.1, -0.05) is 0 Å². The van der Waals surface area contributed by atoms with Gasteiger partial charge in [0.2, 0.25) is 0 Å². The SMILES string of the molecule is [2H]C1CC(Cl)CCC1N. The smallest absolute Gasteiger partial charge is 0.0337 e. The maximum absolute atomic E-state index is 7.40. The predicted molar refractivity (Wildman–Crippen MR) is 36.1 cm³/mol. The van der Waals surface area contributed by atoms with Crippen LogP contribution in [0.3, 0.4) is 0 Å². The van der Waals surface area contributed by atoms with Crippen LogP contribution in [-0.4, -0.2) is 11.4 Å². The van der Waals surface area contributed by atoms with Gasteiger partial charge in [-0.25, -0.2) is 0 Å². The van der Waals surface area contributed by atoms with Crippen LogP contribution < -0.4 is 5.73 Å². The van der Waals surface area contributed by atoms with Gasteiger partial charge in [0.15, 0.2) is 0 Å². The van der Waals surface area contributed by atoms with Crippen LogP contribution in [0, 0.1) is 0 Å². The second-order valence-corrected chi connectivity index (χ2v) is 2.93. The third-order valence-electron chi connectivity index (χ3n) is 1.51. The summed E-state index contributed by atoms with van der Waals surface area (Å²) >= 11 is 5.80. The first-order valence-corrected chi connectivity index (χ1v) is 3.45. The number of hydrogen-bond donors (Lipinski definition) is 1. The highest BCUT2D eigenvalue weighted by Crippen LogP contribution is 2.20. The summed E-state index contributed by atoms with van der Waals surface area (Å²) in [5, 5.41) is 0.201. The third-order valence-corrected chi connectivity index (χ3v) is 1.90. The van der Waals surface area contributed by atoms with Crippen molar-refractivity contribution < 1.29 is 1.37 Å². The van der Waals surface area contributed by atoms with Crippen LogP contribution in [0.2, 0.25) is 0 Å². The lowest BCUT2D eigenvalue weighted by molar-refractivity contribution is 0.447. The summed E-state index contributed by atoms with van der Waals surface area (Å²) in [6.45, 7) is 0. The number of rotatable bonds is 0. The maximum Gasteiger partial charge on any atom is 0.0337 e. The summed E-state index contributed by atoms with van der Waals surface area (Å²) in [7, 11) is 0. The van der Waals surface area contributed by atoms with E-state index in [1.54, 1.807) is 0 Å². The number of nitrogens with two attached hydrogens (primary N) is 1. The molecule has 0 aliphatic heterocycles. The molecule has 1 fully saturated rings. The minimum Gasteiger partial charge on any atom is -0.328 e. The molecule has 1 aliphatic rings. The molecule has 0 bridgehead atoms. The molecule has 2 heteroatoms. The van der Waals surface area contributed by atoms with Crippen LogP contribution in [0.4, 0.5) is 0 Å². The lowest BCUT2D eigenvalue weighted by Crippen LogP contribution is -2.26. The van der Waals surface area contributed by atoms with Crippen LogP contribution >= 0.6 is 11.6 Å². The van der Waals surface area contributed by atoms with Gasteiger partial charge in [0.05, 0.1) is 0 Å². The summed E-state index contributed by atoms with van der Waals surface area (Å²) < 4.78 is 7.40. The average Bonchev–Trinajstić information content (AvgIpc) is 1.80. The Morgan fingerprint density at radius 1 is 1.50 bits per heavy atom. The van der Waals surface area contributed by atoms with Crippen molar-refractivity contribution in [2.45, 2.75) is 37.1 Å². The molecule has 1 saturated carbocycles. The van der Waals surface area contributed by atoms with Crippen molar-refractivity contribution in [3.05, 3.63) is 0 Å². The van der Waals surface area contributed by atoms with E-state index in [1.807, 2.05) is 0 Å². The zero-order chi connectivity index (χ0) is 6.85. The first kappa shape index (κ1) is 5.07. The lowest BCUT2D eigenvalue weighted by Gasteiger charge is -2.20. The van der Waals surface area contributed by atoms with Crippen molar-refractivity contribution >= 4 is 11.6 Å². The Morgan fingerprint density at radius 3 is 2.75 bits per heavy atom. The Labute approximate surface area is 56.6 Å². The average molecular weight is 135 g/mol. The monoisotopic (exact) mass is 134 g/mol. The van der Waals surface area contributed by atoms with Crippen molar-refractivity contribution in [1.29, 1.82) is 0 Å². The molecule has 0 aromatic carbocycles. The number of alkyl halides is 1. The van der Waals surface area contributed by atoms with Crippen LogP contribution in [0.5, 0.6) is 0 Å². The molecule has 2 N–H and O–H groups in total. The fourth-order valence-corrected chi connectivity index (χ4v) is 1.16. The van der Waals surface area contributed by atoms with Gasteiger partial charge in [-0.05, 0) is 25.7 Å². The first-order valence-electron chi connectivity index (χ1n) is 3.60. The van der Waals surface area contributed by atoms with E-state index in [9.17, 15) is 0 Å². The molecule has 0 amide bonds. The van der Waals surface area contributed by atoms with Gasteiger partial charge in [0, 0.05) is 12.8 Å². The van der Waals surface area contributed by atoms with Crippen LogP contribution in [0.1, 0.15) is 27.0 Å². The molecule has 3 atom stereocenters. The van der Waals surface area contributed by atoms with Crippen molar-refractivity contribution in [3.63, 3.8) is 0 Å². The molecule has 0 aromatic heterocycles. The van der Waals surface area contributed by atoms with Gasteiger partial charge in [0.1, 0.15) is 0 Å². The van der Waals surface area contributed by atoms with E-state index in [-0.39, 0.29) is 17.8 Å². The Hall–Kier alpha value is 0.250. The summed E-state index contributed by atoms with van der Waals surface area (Å²) in [6, 6.07) is 0.0694.